The third kappa shape index (κ3) is 2.35. The number of aliphatic carboxylic acids is 1. The van der Waals surface area contributed by atoms with Crippen LogP contribution < -0.4 is 0 Å². The standard InChI is InChI=1S/C15H21NO3S/c1-8-6-7-10(20-8)9(2)16(5)13(17)11-12(14(18)19)15(11,3)4/h6-7,9,11-12H,1-5H3,(H,18,19)/t9?,11-,12+/m1/s1. The van der Waals surface area contributed by atoms with Gasteiger partial charge in [0.1, 0.15) is 0 Å². The number of amides is 1. The Morgan fingerprint density at radius 1 is 1.35 bits per heavy atom. The molecule has 3 atom stereocenters. The Morgan fingerprint density at radius 3 is 2.35 bits per heavy atom. The van der Waals surface area contributed by atoms with E-state index in [-0.39, 0.29) is 11.9 Å². The maximum atomic E-state index is 12.5. The van der Waals surface area contributed by atoms with Crippen molar-refractivity contribution < 1.29 is 14.7 Å². The molecule has 0 saturated heterocycles. The molecule has 1 aliphatic rings. The summed E-state index contributed by atoms with van der Waals surface area (Å²) >= 11 is 1.67. The van der Waals surface area contributed by atoms with Crippen molar-refractivity contribution in [3.05, 3.63) is 21.9 Å². The zero-order valence-electron chi connectivity index (χ0n) is 12.5. The first kappa shape index (κ1) is 15.0. The molecule has 2 rings (SSSR count). The Bertz CT molecular complexity index is 549. The molecule has 0 radical (unpaired) electrons. The fraction of sp³-hybridized carbons (Fsp3) is 0.600. The van der Waals surface area contributed by atoms with Gasteiger partial charge in [-0.05, 0) is 31.4 Å². The van der Waals surface area contributed by atoms with Gasteiger partial charge >= 0.3 is 5.97 Å². The van der Waals surface area contributed by atoms with Gasteiger partial charge in [-0.3, -0.25) is 9.59 Å². The van der Waals surface area contributed by atoms with E-state index in [9.17, 15) is 14.7 Å². The summed E-state index contributed by atoms with van der Waals surface area (Å²) in [5, 5.41) is 9.18. The lowest BCUT2D eigenvalue weighted by molar-refractivity contribution is -0.142. The second-order valence-electron chi connectivity index (χ2n) is 6.19. The van der Waals surface area contributed by atoms with Crippen molar-refractivity contribution in [1.29, 1.82) is 0 Å². The van der Waals surface area contributed by atoms with E-state index in [0.717, 1.165) is 4.88 Å². The van der Waals surface area contributed by atoms with Crippen LogP contribution in [-0.4, -0.2) is 28.9 Å². The van der Waals surface area contributed by atoms with E-state index in [0.29, 0.717) is 0 Å². The van der Waals surface area contributed by atoms with Gasteiger partial charge in [-0.15, -0.1) is 11.3 Å². The van der Waals surface area contributed by atoms with Crippen LogP contribution in [0.2, 0.25) is 0 Å². The molecule has 5 heteroatoms. The van der Waals surface area contributed by atoms with Gasteiger partial charge in [-0.1, -0.05) is 13.8 Å². The second-order valence-corrected chi connectivity index (χ2v) is 7.51. The fourth-order valence-electron chi connectivity index (χ4n) is 2.84. The van der Waals surface area contributed by atoms with Crippen LogP contribution in [0.4, 0.5) is 0 Å². The number of hydrogen-bond donors (Lipinski definition) is 1. The molecule has 1 aromatic rings. The molecule has 1 amide bonds. The SMILES string of the molecule is Cc1ccc(C(C)N(C)C(=O)[C@H]2[C@@H](C(=O)O)C2(C)C)s1. The smallest absolute Gasteiger partial charge is 0.307 e. The Labute approximate surface area is 123 Å². The molecule has 1 saturated carbocycles. The quantitative estimate of drug-likeness (QED) is 0.929. The van der Waals surface area contributed by atoms with Gasteiger partial charge in [0.15, 0.2) is 0 Å². The van der Waals surface area contributed by atoms with Crippen molar-refractivity contribution in [1.82, 2.24) is 4.90 Å². The van der Waals surface area contributed by atoms with Crippen LogP contribution in [0.1, 0.15) is 36.6 Å². The molecular weight excluding hydrogens is 274 g/mol. The van der Waals surface area contributed by atoms with Crippen molar-refractivity contribution in [2.24, 2.45) is 17.3 Å². The number of nitrogens with zero attached hydrogens (tertiary/aromatic N) is 1. The summed E-state index contributed by atoms with van der Waals surface area (Å²) in [7, 11) is 1.76. The number of carbonyl (C=O) groups is 2. The molecule has 1 heterocycles. The van der Waals surface area contributed by atoms with Gasteiger partial charge in [0.2, 0.25) is 5.91 Å². The first-order valence-corrected chi connectivity index (χ1v) is 7.55. The highest BCUT2D eigenvalue weighted by Gasteiger charge is 2.66. The lowest BCUT2D eigenvalue weighted by atomic mass is 10.1. The normalized spacial score (nSPS) is 25.1. The van der Waals surface area contributed by atoms with E-state index in [2.05, 4.69) is 0 Å². The molecule has 1 aliphatic carbocycles. The third-order valence-electron chi connectivity index (χ3n) is 4.46. The number of rotatable bonds is 4. The number of thiophene rings is 1. The summed E-state index contributed by atoms with van der Waals surface area (Å²) < 4.78 is 0. The minimum atomic E-state index is -0.874. The van der Waals surface area contributed by atoms with Crippen LogP contribution in [-0.2, 0) is 9.59 Å². The van der Waals surface area contributed by atoms with Gasteiger partial charge in [0, 0.05) is 16.8 Å². The van der Waals surface area contributed by atoms with Crippen LogP contribution in [0.15, 0.2) is 12.1 Å². The average Bonchev–Trinajstić information content (AvgIpc) is 2.70. The maximum Gasteiger partial charge on any atom is 0.307 e. The van der Waals surface area contributed by atoms with Gasteiger partial charge < -0.3 is 10.0 Å². The predicted molar refractivity (Wildman–Crippen MR) is 78.6 cm³/mol. The van der Waals surface area contributed by atoms with Crippen molar-refractivity contribution in [3.63, 3.8) is 0 Å². The van der Waals surface area contributed by atoms with E-state index < -0.39 is 23.2 Å². The second kappa shape index (κ2) is 4.88. The highest BCUT2D eigenvalue weighted by Crippen LogP contribution is 2.59. The first-order valence-electron chi connectivity index (χ1n) is 6.73. The largest absolute Gasteiger partial charge is 0.481 e. The fourth-order valence-corrected chi connectivity index (χ4v) is 3.81. The van der Waals surface area contributed by atoms with E-state index >= 15 is 0 Å². The summed E-state index contributed by atoms with van der Waals surface area (Å²) in [6.45, 7) is 7.71. The molecule has 1 unspecified atom stereocenters. The van der Waals surface area contributed by atoms with Crippen molar-refractivity contribution in [2.45, 2.75) is 33.7 Å². The molecule has 0 aromatic carbocycles. The molecule has 0 spiro atoms. The minimum Gasteiger partial charge on any atom is -0.481 e. The molecule has 1 N–H and O–H groups in total. The topological polar surface area (TPSA) is 57.6 Å². The van der Waals surface area contributed by atoms with Gasteiger partial charge in [0.05, 0.1) is 17.9 Å². The monoisotopic (exact) mass is 295 g/mol. The van der Waals surface area contributed by atoms with E-state index in [1.807, 2.05) is 39.8 Å². The molecular formula is C15H21NO3S. The Hall–Kier alpha value is -1.36. The lowest BCUT2D eigenvalue weighted by Gasteiger charge is -2.25. The zero-order chi connectivity index (χ0) is 15.2. The number of aryl methyl sites for hydroxylation is 1. The maximum absolute atomic E-state index is 12.5. The zero-order valence-corrected chi connectivity index (χ0v) is 13.3. The van der Waals surface area contributed by atoms with Crippen molar-refractivity contribution in [2.75, 3.05) is 7.05 Å². The van der Waals surface area contributed by atoms with E-state index in [4.69, 9.17) is 0 Å². The summed E-state index contributed by atoms with van der Waals surface area (Å²) in [5.74, 6) is -1.91. The summed E-state index contributed by atoms with van der Waals surface area (Å²) in [6.07, 6.45) is 0. The average molecular weight is 295 g/mol. The van der Waals surface area contributed by atoms with E-state index in [1.54, 1.807) is 23.3 Å². The molecule has 110 valence electrons. The van der Waals surface area contributed by atoms with Crippen molar-refractivity contribution >= 4 is 23.2 Å². The number of carboxylic acids is 1. The van der Waals surface area contributed by atoms with E-state index in [1.165, 1.54) is 4.88 Å². The van der Waals surface area contributed by atoms with Crippen LogP contribution in [0.25, 0.3) is 0 Å². The third-order valence-corrected chi connectivity index (χ3v) is 5.63. The Balaban J connectivity index is 2.12. The minimum absolute atomic E-state index is 0.0213. The highest BCUT2D eigenvalue weighted by atomic mass is 32.1. The molecule has 1 aromatic heterocycles. The van der Waals surface area contributed by atoms with Crippen LogP contribution >= 0.6 is 11.3 Å². The molecule has 1 fully saturated rings. The molecule has 0 bridgehead atoms. The van der Waals surface area contributed by atoms with Gasteiger partial charge in [-0.25, -0.2) is 0 Å². The van der Waals surface area contributed by atoms with Crippen LogP contribution in [0.3, 0.4) is 0 Å². The van der Waals surface area contributed by atoms with Crippen LogP contribution in [0.5, 0.6) is 0 Å². The van der Waals surface area contributed by atoms with Crippen LogP contribution in [0, 0.1) is 24.2 Å². The molecule has 20 heavy (non-hydrogen) atoms. The van der Waals surface area contributed by atoms with Gasteiger partial charge in [0.25, 0.3) is 0 Å². The number of carboxylic acid groups (broad SMARTS) is 1. The number of carbonyl (C=O) groups excluding carboxylic acids is 1. The number of hydrogen-bond acceptors (Lipinski definition) is 3. The van der Waals surface area contributed by atoms with Gasteiger partial charge in [-0.2, -0.15) is 0 Å². The summed E-state index contributed by atoms with van der Waals surface area (Å²) in [6, 6.07) is 4.05. The summed E-state index contributed by atoms with van der Waals surface area (Å²) in [4.78, 5) is 27.7. The predicted octanol–water partition coefficient (Wildman–Crippen LogP) is 2.93. The summed E-state index contributed by atoms with van der Waals surface area (Å²) in [5.41, 5.74) is -0.442. The van der Waals surface area contributed by atoms with Crippen molar-refractivity contribution in [3.8, 4) is 0 Å². The lowest BCUT2D eigenvalue weighted by Crippen LogP contribution is -2.32. The molecule has 4 nitrogen and oxygen atoms in total. The Morgan fingerprint density at radius 2 is 1.95 bits per heavy atom. The highest BCUT2D eigenvalue weighted by molar-refractivity contribution is 7.12. The molecule has 0 aliphatic heterocycles. The Kier molecular flexibility index (Phi) is 3.67. The first-order chi connectivity index (χ1) is 9.17.